The molecule has 464 valence electrons. The Hall–Kier alpha value is 0. The zero-order valence-electron chi connectivity index (χ0n) is 82.5. The first kappa shape index (κ1) is 54.6. The van der Waals surface area contributed by atoms with Gasteiger partial charge in [0.15, 0.2) is 0 Å². The summed E-state index contributed by atoms with van der Waals surface area (Å²) in [5, 5.41) is 0. The molecule has 0 bridgehead atoms. The summed E-state index contributed by atoms with van der Waals surface area (Å²) < 4.78 is 154. The molecule has 0 N–H and O–H groups in total. The van der Waals surface area contributed by atoms with Crippen molar-refractivity contribution in [3.63, 3.8) is 0 Å². The molecule has 0 amide bonds. The van der Waals surface area contributed by atoms with Crippen molar-refractivity contribution in [2.45, 2.75) is 386 Å². The first-order valence-corrected chi connectivity index (χ1v) is 28.2. The summed E-state index contributed by atoms with van der Waals surface area (Å²) in [4.78, 5) is 0. The molecular formula is C74H168. The van der Waals surface area contributed by atoms with Crippen LogP contribution in [-0.2, 0) is 0 Å². The smallest absolute Gasteiger partial charge is 0.0302 e. The van der Waals surface area contributed by atoms with Gasteiger partial charge in [0.05, 0.1) is 0 Å². The van der Waals surface area contributed by atoms with Gasteiger partial charge in [0.2, 0.25) is 0 Å². The Morgan fingerprint density at radius 3 is 0.297 bits per heavy atom. The predicted octanol–water partition coefficient (Wildman–Crippen LogP) is 28.7. The van der Waals surface area contributed by atoms with Gasteiger partial charge < -0.3 is 0 Å². The van der Waals surface area contributed by atoms with Crippen LogP contribution in [0, 0.1) is 98.4 Å². The van der Waals surface area contributed by atoms with Crippen LogP contribution in [0.5, 0.6) is 0 Å². The lowest BCUT2D eigenvalue weighted by molar-refractivity contribution is 0.157. The monoisotopic (exact) mass is 1080 g/mol. The maximum absolute atomic E-state index is 7.58. The quantitative estimate of drug-likeness (QED) is 0.227. The summed E-state index contributed by atoms with van der Waals surface area (Å²) in [5.41, 5.74) is -3.41. The molecule has 0 unspecified atom stereocenters. The third-order valence-corrected chi connectivity index (χ3v) is 16.1. The summed E-state index contributed by atoms with van der Waals surface area (Å²) in [6, 6.07) is 0. The maximum atomic E-state index is 7.58. The second-order valence-corrected chi connectivity index (χ2v) is 35.4. The third-order valence-electron chi connectivity index (χ3n) is 16.1. The highest BCUT2D eigenvalue weighted by Gasteiger charge is 2.30. The highest BCUT2D eigenvalue weighted by atomic mass is 14.4. The average Bonchev–Trinajstić information content (AvgIpc) is 3.15. The minimum atomic E-state index is -1.87. The highest BCUT2D eigenvalue weighted by Crippen LogP contribution is 2.40. The molecule has 0 saturated heterocycles. The van der Waals surface area contributed by atoms with E-state index in [2.05, 4.69) is 83.1 Å². The second kappa shape index (κ2) is 35.0. The molecule has 0 aromatic rings. The van der Waals surface area contributed by atoms with E-state index in [-0.39, 0.29) is 60.5 Å². The SMILES string of the molecule is CC(C)(C)C(C)(C)C.[2H]C(C)(C)C(C)(C)C.[2H]C(C)(C)C(C)(C)C.[2H]C([2H])(C)C(C)(C)C.[2H]C([2H])(C)C(C)(C)C.[2H]C([2H])([2H])C(C)(C)C(C)(C)C.[2H]C([2H])([2H])C(C)(C)C(C)(C)C.[2H]C([2H])([2H])C(C)(C)C(C)(C)C.[2H]C([2H])([2H])C(C)(C)C(C)(C)C.[2H]C([2H])([2H])C(C)(C)C(C)(C)C. The molecular weight excluding hydrogens is 889 g/mol. The maximum Gasteiger partial charge on any atom is 0.0302 e. The molecule has 0 aromatic heterocycles. The van der Waals surface area contributed by atoms with E-state index in [1.807, 2.05) is 173 Å². The summed E-state index contributed by atoms with van der Waals surface area (Å²) in [5.74, 6) is -0.625. The Kier molecular flexibility index (Phi) is 25.8. The van der Waals surface area contributed by atoms with Crippen molar-refractivity contribution in [2.24, 2.45) is 98.4 Å². The Bertz CT molecular complexity index is 1540. The van der Waals surface area contributed by atoms with E-state index in [0.717, 1.165) is 0 Å². The fourth-order valence-electron chi connectivity index (χ4n) is 0. The van der Waals surface area contributed by atoms with Crippen LogP contribution in [0.1, 0.15) is 415 Å². The van der Waals surface area contributed by atoms with Crippen molar-refractivity contribution in [1.82, 2.24) is 0 Å². The summed E-state index contributed by atoms with van der Waals surface area (Å²) in [6.45, 7) is 86.4. The van der Waals surface area contributed by atoms with Crippen molar-refractivity contribution in [3.05, 3.63) is 0 Å². The Morgan fingerprint density at radius 1 is 0.230 bits per heavy atom. The number of hydrogen-bond acceptors (Lipinski definition) is 0. The van der Waals surface area contributed by atoms with E-state index < -0.39 is 74.1 Å². The van der Waals surface area contributed by atoms with Crippen molar-refractivity contribution >= 4 is 0 Å². The van der Waals surface area contributed by atoms with Crippen LogP contribution in [-0.4, -0.2) is 0 Å². The van der Waals surface area contributed by atoms with Gasteiger partial charge >= 0.3 is 0 Å². The molecule has 0 aliphatic heterocycles. The van der Waals surface area contributed by atoms with Crippen LogP contribution in [0.3, 0.4) is 0 Å². The van der Waals surface area contributed by atoms with E-state index in [9.17, 15) is 0 Å². The van der Waals surface area contributed by atoms with Crippen molar-refractivity contribution in [1.29, 1.82) is 0 Å². The number of hydrogen-bond donors (Lipinski definition) is 0. The lowest BCUT2D eigenvalue weighted by Crippen LogP contribution is -2.25. The molecule has 0 rings (SSSR count). The normalized spacial score (nSPS) is 19.3. The van der Waals surface area contributed by atoms with Gasteiger partial charge in [0.1, 0.15) is 0 Å². The van der Waals surface area contributed by atoms with Gasteiger partial charge in [-0.05, 0) is 98.4 Å². The Balaban J connectivity index is -0.000000106. The van der Waals surface area contributed by atoms with Crippen LogP contribution in [0.25, 0.3) is 0 Å². The summed E-state index contributed by atoms with van der Waals surface area (Å²) in [7, 11) is 0. The van der Waals surface area contributed by atoms with Crippen LogP contribution < -0.4 is 0 Å². The van der Waals surface area contributed by atoms with Crippen LogP contribution >= 0.6 is 0 Å². The molecule has 0 aromatic carbocycles. The van der Waals surface area contributed by atoms with Crippen molar-refractivity contribution < 1.29 is 28.8 Å². The van der Waals surface area contributed by atoms with Gasteiger partial charge in [-0.3, -0.25) is 0 Å². The molecule has 0 fully saturated rings. The standard InChI is InChI=1S/6C8H18.2C7H16.2C6H14/c6*1-7(2,3)8(4,5)6;2*1-6(2)7(3,4)5;2*1-5-6(2,3)4/h6*1-6H3;2*6H,1-5H3;2*5H2,1-4H3/i5*1D3;;2*6D;2*5D2. The molecule has 0 nitrogen and oxygen atoms in total. The van der Waals surface area contributed by atoms with Crippen LogP contribution in [0.4, 0.5) is 0 Å². The Morgan fingerprint density at radius 2 is 0.297 bits per heavy atom. The van der Waals surface area contributed by atoms with Gasteiger partial charge in [0, 0.05) is 28.8 Å². The van der Waals surface area contributed by atoms with E-state index in [4.69, 9.17) is 28.8 Å². The van der Waals surface area contributed by atoms with Gasteiger partial charge in [-0.15, -0.1) is 0 Å². The molecule has 74 heavy (non-hydrogen) atoms. The largest absolute Gasteiger partial charge is 0.0649 e. The molecule has 0 atom stereocenters. The van der Waals surface area contributed by atoms with E-state index >= 15 is 0 Å². The zero-order chi connectivity index (χ0) is 82.5. The lowest BCUT2D eigenvalue weighted by atomic mass is 9.71. The first-order valence-electron chi connectivity index (χ1n) is 38.8. The molecule has 0 radical (unpaired) electrons. The minimum Gasteiger partial charge on any atom is -0.0649 e. The fourth-order valence-corrected chi connectivity index (χ4v) is 0. The van der Waals surface area contributed by atoms with Gasteiger partial charge in [0.25, 0.3) is 0 Å². The van der Waals surface area contributed by atoms with E-state index in [0.29, 0.717) is 10.8 Å². The minimum absolute atomic E-state index is 0.104. The van der Waals surface area contributed by atoms with Gasteiger partial charge in [-0.1, -0.05) is 386 Å². The molecule has 0 aliphatic carbocycles. The number of rotatable bonds is 0. The van der Waals surface area contributed by atoms with Crippen molar-refractivity contribution in [3.8, 4) is 0 Å². The summed E-state index contributed by atoms with van der Waals surface area (Å²) >= 11 is 0. The molecule has 0 heterocycles. The first-order chi connectivity index (χ1) is 38.8. The summed E-state index contributed by atoms with van der Waals surface area (Å²) in [6.07, 6.45) is -2.13. The second-order valence-electron chi connectivity index (χ2n) is 35.4. The molecule has 0 spiro atoms. The lowest BCUT2D eigenvalue weighted by Gasteiger charge is -2.34. The topological polar surface area (TPSA) is 0 Å². The fraction of sp³-hybridized carbons (Fsp3) is 1.00. The highest BCUT2D eigenvalue weighted by molar-refractivity contribution is 4.80. The van der Waals surface area contributed by atoms with E-state index in [1.165, 1.54) is 0 Å². The zero-order valence-corrected chi connectivity index (χ0v) is 61.5. The van der Waals surface area contributed by atoms with Crippen molar-refractivity contribution in [2.75, 3.05) is 0 Å². The molecule has 0 saturated carbocycles. The van der Waals surface area contributed by atoms with Crippen LogP contribution in [0.15, 0.2) is 0 Å². The molecule has 0 aliphatic rings. The third kappa shape index (κ3) is 70.0. The average molecular weight is 1080 g/mol. The Labute approximate surface area is 512 Å². The van der Waals surface area contributed by atoms with Crippen LogP contribution in [0.2, 0.25) is 0 Å². The van der Waals surface area contributed by atoms with Gasteiger partial charge in [-0.25, -0.2) is 0 Å². The molecule has 0 heteroatoms. The van der Waals surface area contributed by atoms with Gasteiger partial charge in [-0.2, -0.15) is 0 Å². The predicted molar refractivity (Wildman–Crippen MR) is 362 cm³/mol. The van der Waals surface area contributed by atoms with E-state index in [1.54, 1.807) is 83.1 Å².